The van der Waals surface area contributed by atoms with Gasteiger partial charge in [-0.1, -0.05) is 35.3 Å². The summed E-state index contributed by atoms with van der Waals surface area (Å²) < 4.78 is 39.9. The molecule has 0 heterocycles. The maximum Gasteiger partial charge on any atom is 0.573 e. The summed E-state index contributed by atoms with van der Waals surface area (Å²) in [5.74, 6) is -1.28. The van der Waals surface area contributed by atoms with Crippen LogP contribution in [-0.2, 0) is 0 Å². The Balaban J connectivity index is 2.35. The first-order valence-corrected chi connectivity index (χ1v) is 6.06. The molecular weight excluding hydrogens is 316 g/mol. The van der Waals surface area contributed by atoms with Crippen LogP contribution in [-0.4, -0.2) is 11.5 Å². The van der Waals surface area contributed by atoms with Crippen LogP contribution in [0.2, 0.25) is 10.0 Å². The topological polar surface area (TPSA) is 29.5 Å². The third kappa shape index (κ3) is 3.49. The Labute approximate surface area is 122 Å². The minimum Gasteiger partial charge on any atom is -0.504 e. The lowest BCUT2D eigenvalue weighted by molar-refractivity contribution is -0.275. The third-order valence-corrected chi connectivity index (χ3v) is 3.18. The van der Waals surface area contributed by atoms with Gasteiger partial charge in [-0.3, -0.25) is 0 Å². The van der Waals surface area contributed by atoms with Crippen molar-refractivity contribution in [1.82, 2.24) is 0 Å². The molecule has 0 aliphatic heterocycles. The highest BCUT2D eigenvalue weighted by molar-refractivity contribution is 6.42. The first-order chi connectivity index (χ1) is 9.26. The van der Waals surface area contributed by atoms with Crippen LogP contribution in [0, 0.1) is 0 Å². The molecule has 0 spiro atoms. The van der Waals surface area contributed by atoms with E-state index in [0.29, 0.717) is 21.2 Å². The van der Waals surface area contributed by atoms with Gasteiger partial charge in [0.05, 0.1) is 10.0 Å². The van der Waals surface area contributed by atoms with Crippen LogP contribution in [0.15, 0.2) is 36.4 Å². The lowest BCUT2D eigenvalue weighted by Crippen LogP contribution is -2.17. The van der Waals surface area contributed by atoms with Crippen LogP contribution < -0.4 is 4.74 Å². The van der Waals surface area contributed by atoms with Crippen LogP contribution >= 0.6 is 23.2 Å². The molecule has 7 heteroatoms. The summed E-state index contributed by atoms with van der Waals surface area (Å²) >= 11 is 11.6. The van der Waals surface area contributed by atoms with Gasteiger partial charge in [0, 0.05) is 0 Å². The molecule has 0 saturated carbocycles. The average molecular weight is 323 g/mol. The molecule has 2 nitrogen and oxygen atoms in total. The van der Waals surface area contributed by atoms with Gasteiger partial charge in [0.1, 0.15) is 0 Å². The smallest absolute Gasteiger partial charge is 0.504 e. The Bertz CT molecular complexity index is 642. The maximum atomic E-state index is 12.1. The summed E-state index contributed by atoms with van der Waals surface area (Å²) in [6.07, 6.45) is -4.86. The second-order valence-electron chi connectivity index (χ2n) is 3.86. The van der Waals surface area contributed by atoms with Crippen LogP contribution in [0.1, 0.15) is 0 Å². The Hall–Kier alpha value is -1.59. The van der Waals surface area contributed by atoms with Crippen LogP contribution in [0.25, 0.3) is 11.1 Å². The van der Waals surface area contributed by atoms with E-state index in [1.165, 1.54) is 6.07 Å². The Kier molecular flexibility index (Phi) is 4.01. The second-order valence-corrected chi connectivity index (χ2v) is 4.67. The van der Waals surface area contributed by atoms with Gasteiger partial charge in [-0.05, 0) is 35.4 Å². The van der Waals surface area contributed by atoms with Crippen molar-refractivity contribution in [2.45, 2.75) is 6.36 Å². The normalized spacial score (nSPS) is 11.4. The van der Waals surface area contributed by atoms with Gasteiger partial charge < -0.3 is 9.84 Å². The molecular formula is C13H7Cl2F3O2. The monoisotopic (exact) mass is 322 g/mol. The maximum absolute atomic E-state index is 12.1. The summed E-state index contributed by atoms with van der Waals surface area (Å²) in [5.41, 5.74) is 1.09. The summed E-state index contributed by atoms with van der Waals surface area (Å²) in [7, 11) is 0. The molecule has 2 aromatic carbocycles. The molecule has 0 bridgehead atoms. The molecule has 1 N–H and O–H groups in total. The van der Waals surface area contributed by atoms with E-state index in [1.807, 2.05) is 0 Å². The van der Waals surface area contributed by atoms with Crippen molar-refractivity contribution in [3.8, 4) is 22.6 Å². The SMILES string of the molecule is Oc1cc(-c2ccc(Cl)c(Cl)c2)ccc1OC(F)(F)F. The first-order valence-electron chi connectivity index (χ1n) is 5.30. The quantitative estimate of drug-likeness (QED) is 0.816. The molecule has 0 radical (unpaired) electrons. The van der Waals surface area contributed by atoms with E-state index in [-0.39, 0.29) is 0 Å². The zero-order chi connectivity index (χ0) is 14.9. The van der Waals surface area contributed by atoms with Gasteiger partial charge in [-0.25, -0.2) is 0 Å². The highest BCUT2D eigenvalue weighted by atomic mass is 35.5. The van der Waals surface area contributed by atoms with Gasteiger partial charge in [0.15, 0.2) is 11.5 Å². The van der Waals surface area contributed by atoms with E-state index < -0.39 is 17.9 Å². The molecule has 106 valence electrons. The molecule has 0 unspecified atom stereocenters. The molecule has 0 atom stereocenters. The van der Waals surface area contributed by atoms with Crippen LogP contribution in [0.5, 0.6) is 11.5 Å². The molecule has 20 heavy (non-hydrogen) atoms. The van der Waals surface area contributed by atoms with Crippen molar-refractivity contribution >= 4 is 23.2 Å². The second kappa shape index (κ2) is 5.42. The average Bonchev–Trinajstić information content (AvgIpc) is 2.34. The van der Waals surface area contributed by atoms with E-state index in [1.54, 1.807) is 18.2 Å². The van der Waals surface area contributed by atoms with E-state index in [2.05, 4.69) is 4.74 Å². The number of phenolic OH excluding ortho intramolecular Hbond substituents is 1. The molecule has 0 aliphatic carbocycles. The van der Waals surface area contributed by atoms with Crippen molar-refractivity contribution in [2.75, 3.05) is 0 Å². The largest absolute Gasteiger partial charge is 0.573 e. The lowest BCUT2D eigenvalue weighted by atomic mass is 10.1. The van der Waals surface area contributed by atoms with E-state index in [4.69, 9.17) is 23.2 Å². The molecule has 0 aliphatic rings. The van der Waals surface area contributed by atoms with Gasteiger partial charge in [0.25, 0.3) is 0 Å². The first kappa shape index (κ1) is 14.8. The fourth-order valence-electron chi connectivity index (χ4n) is 1.58. The molecule has 0 amide bonds. The molecule has 0 fully saturated rings. The Morgan fingerprint density at radius 2 is 1.50 bits per heavy atom. The number of phenols is 1. The molecule has 2 aromatic rings. The van der Waals surface area contributed by atoms with Crippen molar-refractivity contribution < 1.29 is 23.0 Å². The van der Waals surface area contributed by atoms with Gasteiger partial charge in [-0.15, -0.1) is 13.2 Å². The number of halogens is 5. The number of rotatable bonds is 2. The Morgan fingerprint density at radius 1 is 0.900 bits per heavy atom. The number of benzene rings is 2. The fourth-order valence-corrected chi connectivity index (χ4v) is 1.88. The highest BCUT2D eigenvalue weighted by Crippen LogP contribution is 2.36. The van der Waals surface area contributed by atoms with E-state index in [9.17, 15) is 18.3 Å². The molecule has 2 rings (SSSR count). The highest BCUT2D eigenvalue weighted by Gasteiger charge is 2.32. The predicted molar refractivity (Wildman–Crippen MR) is 70.2 cm³/mol. The van der Waals surface area contributed by atoms with Gasteiger partial charge in [0.2, 0.25) is 0 Å². The fraction of sp³-hybridized carbons (Fsp3) is 0.0769. The predicted octanol–water partition coefficient (Wildman–Crippen LogP) is 5.26. The number of hydrogen-bond donors (Lipinski definition) is 1. The van der Waals surface area contributed by atoms with E-state index >= 15 is 0 Å². The number of hydrogen-bond acceptors (Lipinski definition) is 2. The number of aromatic hydroxyl groups is 1. The number of ether oxygens (including phenoxy) is 1. The summed E-state index contributed by atoms with van der Waals surface area (Å²) in [5, 5.41) is 10.2. The zero-order valence-electron chi connectivity index (χ0n) is 9.71. The summed E-state index contributed by atoms with van der Waals surface area (Å²) in [6.45, 7) is 0. The molecule has 0 aromatic heterocycles. The minimum absolute atomic E-state index is 0.305. The van der Waals surface area contributed by atoms with E-state index in [0.717, 1.165) is 12.1 Å². The van der Waals surface area contributed by atoms with Crippen molar-refractivity contribution in [2.24, 2.45) is 0 Å². The van der Waals surface area contributed by atoms with Crippen LogP contribution in [0.3, 0.4) is 0 Å². The molecule has 0 saturated heterocycles. The minimum atomic E-state index is -4.86. The Morgan fingerprint density at radius 3 is 2.05 bits per heavy atom. The van der Waals surface area contributed by atoms with Crippen molar-refractivity contribution in [1.29, 1.82) is 0 Å². The standard InChI is InChI=1S/C13H7Cl2F3O2/c14-9-3-1-7(5-10(9)15)8-2-4-12(11(19)6-8)20-13(16,17)18/h1-6,19H. The van der Waals surface area contributed by atoms with Gasteiger partial charge in [-0.2, -0.15) is 0 Å². The lowest BCUT2D eigenvalue weighted by Gasteiger charge is -2.11. The van der Waals surface area contributed by atoms with Crippen LogP contribution in [0.4, 0.5) is 13.2 Å². The summed E-state index contributed by atoms with van der Waals surface area (Å²) in [4.78, 5) is 0. The van der Waals surface area contributed by atoms with Crippen molar-refractivity contribution in [3.05, 3.63) is 46.4 Å². The van der Waals surface area contributed by atoms with Gasteiger partial charge >= 0.3 is 6.36 Å². The van der Waals surface area contributed by atoms with Crippen molar-refractivity contribution in [3.63, 3.8) is 0 Å². The zero-order valence-corrected chi connectivity index (χ0v) is 11.2. The third-order valence-electron chi connectivity index (χ3n) is 2.44. The summed E-state index contributed by atoms with van der Waals surface area (Å²) in [6, 6.07) is 8.29. The number of alkyl halides is 3.